The summed E-state index contributed by atoms with van der Waals surface area (Å²) in [6.45, 7) is 10.4. The highest BCUT2D eigenvalue weighted by Gasteiger charge is 2.11. The molecule has 0 amide bonds. The predicted octanol–water partition coefficient (Wildman–Crippen LogP) is 2.85. The van der Waals surface area contributed by atoms with Gasteiger partial charge in [0.15, 0.2) is 0 Å². The molecule has 15 heavy (non-hydrogen) atoms. The van der Waals surface area contributed by atoms with Gasteiger partial charge < -0.3 is 10.4 Å². The van der Waals surface area contributed by atoms with Crippen LogP contribution in [0.3, 0.4) is 0 Å². The van der Waals surface area contributed by atoms with Gasteiger partial charge in [-0.3, -0.25) is 0 Å². The van der Waals surface area contributed by atoms with E-state index in [-0.39, 0.29) is 6.04 Å². The summed E-state index contributed by atoms with van der Waals surface area (Å²) in [6.07, 6.45) is 1.81. The van der Waals surface area contributed by atoms with Crippen molar-refractivity contribution < 1.29 is 5.11 Å². The van der Waals surface area contributed by atoms with Gasteiger partial charge in [0.05, 0.1) is 0 Å². The average molecular weight is 205 g/mol. The van der Waals surface area contributed by atoms with Crippen LogP contribution in [0.15, 0.2) is 24.8 Å². The average Bonchev–Trinajstić information content (AvgIpc) is 2.23. The highest BCUT2D eigenvalue weighted by atomic mass is 16.3. The molecule has 82 valence electrons. The summed E-state index contributed by atoms with van der Waals surface area (Å²) >= 11 is 0. The van der Waals surface area contributed by atoms with Crippen LogP contribution in [-0.4, -0.2) is 11.7 Å². The van der Waals surface area contributed by atoms with Crippen molar-refractivity contribution in [3.63, 3.8) is 0 Å². The summed E-state index contributed by atoms with van der Waals surface area (Å²) in [5.74, 6) is 0.402. The summed E-state index contributed by atoms with van der Waals surface area (Å²) in [6, 6.07) is 4.15. The number of hydrogen-bond acceptors (Lipinski definition) is 2. The summed E-state index contributed by atoms with van der Waals surface area (Å²) in [5.41, 5.74) is 3.02. The topological polar surface area (TPSA) is 32.3 Å². The second kappa shape index (κ2) is 4.99. The molecule has 0 aliphatic carbocycles. The van der Waals surface area contributed by atoms with Gasteiger partial charge in [0.25, 0.3) is 0 Å². The van der Waals surface area contributed by atoms with Gasteiger partial charge in [-0.1, -0.05) is 18.2 Å². The van der Waals surface area contributed by atoms with Crippen LogP contribution >= 0.6 is 0 Å². The lowest BCUT2D eigenvalue weighted by Crippen LogP contribution is -2.18. The number of rotatable bonds is 4. The van der Waals surface area contributed by atoms with Crippen molar-refractivity contribution in [2.24, 2.45) is 0 Å². The van der Waals surface area contributed by atoms with Crippen LogP contribution in [0.25, 0.3) is 0 Å². The fourth-order valence-electron chi connectivity index (χ4n) is 1.54. The Kier molecular flexibility index (Phi) is 3.92. The van der Waals surface area contributed by atoms with E-state index in [0.717, 1.165) is 23.2 Å². The van der Waals surface area contributed by atoms with E-state index >= 15 is 0 Å². The minimum Gasteiger partial charge on any atom is -0.507 e. The Bertz CT molecular complexity index is 358. The van der Waals surface area contributed by atoms with Crippen LogP contribution in [0.4, 0.5) is 0 Å². The normalized spacial score (nSPS) is 12.5. The standard InChI is InChI=1S/C13H19NO/c1-5-8-14-11(4)12-7-6-9(2)10(3)13(12)15/h5-7,11,14-15H,1,8H2,2-4H3. The Morgan fingerprint density at radius 1 is 1.47 bits per heavy atom. The molecular formula is C13H19NO. The van der Waals surface area contributed by atoms with Crippen molar-refractivity contribution in [3.8, 4) is 5.75 Å². The third kappa shape index (κ3) is 2.60. The molecule has 1 aromatic rings. The number of benzene rings is 1. The molecule has 1 rings (SSSR count). The first-order valence-corrected chi connectivity index (χ1v) is 5.21. The van der Waals surface area contributed by atoms with E-state index in [4.69, 9.17) is 0 Å². The first-order chi connectivity index (χ1) is 7.07. The quantitative estimate of drug-likeness (QED) is 0.741. The van der Waals surface area contributed by atoms with E-state index in [0.29, 0.717) is 5.75 Å². The van der Waals surface area contributed by atoms with E-state index in [1.807, 2.05) is 39.0 Å². The van der Waals surface area contributed by atoms with E-state index in [9.17, 15) is 5.11 Å². The van der Waals surface area contributed by atoms with Gasteiger partial charge >= 0.3 is 0 Å². The number of hydrogen-bond donors (Lipinski definition) is 2. The largest absolute Gasteiger partial charge is 0.507 e. The molecule has 0 saturated heterocycles. The van der Waals surface area contributed by atoms with Gasteiger partial charge in [0.1, 0.15) is 5.75 Å². The Balaban J connectivity index is 2.94. The molecule has 2 N–H and O–H groups in total. The summed E-state index contributed by atoms with van der Waals surface area (Å²) in [5, 5.41) is 13.2. The molecule has 0 aliphatic heterocycles. The van der Waals surface area contributed by atoms with Crippen molar-refractivity contribution in [2.45, 2.75) is 26.8 Å². The number of aromatic hydroxyl groups is 1. The fourth-order valence-corrected chi connectivity index (χ4v) is 1.54. The Labute approximate surface area is 91.6 Å². The van der Waals surface area contributed by atoms with Gasteiger partial charge in [-0.25, -0.2) is 0 Å². The molecule has 0 fully saturated rings. The van der Waals surface area contributed by atoms with Crippen molar-refractivity contribution in [2.75, 3.05) is 6.54 Å². The first kappa shape index (κ1) is 11.8. The maximum absolute atomic E-state index is 9.98. The van der Waals surface area contributed by atoms with Crippen LogP contribution in [0.5, 0.6) is 5.75 Å². The second-order valence-corrected chi connectivity index (χ2v) is 3.86. The molecule has 0 radical (unpaired) electrons. The Hall–Kier alpha value is -1.28. The Morgan fingerprint density at radius 2 is 2.13 bits per heavy atom. The molecule has 2 heteroatoms. The van der Waals surface area contributed by atoms with Crippen LogP contribution in [0.1, 0.15) is 29.7 Å². The minimum absolute atomic E-state index is 0.141. The lowest BCUT2D eigenvalue weighted by molar-refractivity contribution is 0.451. The fraction of sp³-hybridized carbons (Fsp3) is 0.385. The summed E-state index contributed by atoms with van der Waals surface area (Å²) in [7, 11) is 0. The third-order valence-corrected chi connectivity index (χ3v) is 2.77. The molecule has 1 unspecified atom stereocenters. The zero-order valence-corrected chi connectivity index (χ0v) is 9.67. The summed E-state index contributed by atoms with van der Waals surface area (Å²) in [4.78, 5) is 0. The maximum Gasteiger partial charge on any atom is 0.123 e. The predicted molar refractivity (Wildman–Crippen MR) is 64.2 cm³/mol. The van der Waals surface area contributed by atoms with Gasteiger partial charge in [-0.2, -0.15) is 0 Å². The highest BCUT2D eigenvalue weighted by molar-refractivity contribution is 5.45. The van der Waals surface area contributed by atoms with Gasteiger partial charge in [-0.05, 0) is 31.9 Å². The van der Waals surface area contributed by atoms with Crippen molar-refractivity contribution in [1.29, 1.82) is 0 Å². The Morgan fingerprint density at radius 3 is 2.73 bits per heavy atom. The number of phenols is 1. The molecule has 0 heterocycles. The molecule has 0 bridgehead atoms. The zero-order chi connectivity index (χ0) is 11.4. The van der Waals surface area contributed by atoms with Crippen LogP contribution in [0.2, 0.25) is 0 Å². The second-order valence-electron chi connectivity index (χ2n) is 3.86. The first-order valence-electron chi connectivity index (χ1n) is 5.21. The SMILES string of the molecule is C=CCNC(C)c1ccc(C)c(C)c1O. The van der Waals surface area contributed by atoms with E-state index < -0.39 is 0 Å². The van der Waals surface area contributed by atoms with Crippen molar-refractivity contribution >= 4 is 0 Å². The lowest BCUT2D eigenvalue weighted by atomic mass is 10.00. The number of phenolic OH excluding ortho intramolecular Hbond substituents is 1. The zero-order valence-electron chi connectivity index (χ0n) is 9.67. The number of nitrogens with one attached hydrogen (secondary N) is 1. The van der Waals surface area contributed by atoms with Gasteiger partial charge in [-0.15, -0.1) is 6.58 Å². The van der Waals surface area contributed by atoms with Crippen LogP contribution in [-0.2, 0) is 0 Å². The molecule has 0 saturated carbocycles. The smallest absolute Gasteiger partial charge is 0.123 e. The van der Waals surface area contributed by atoms with E-state index in [1.165, 1.54) is 0 Å². The monoisotopic (exact) mass is 205 g/mol. The molecule has 1 aromatic carbocycles. The van der Waals surface area contributed by atoms with Gasteiger partial charge in [0.2, 0.25) is 0 Å². The molecule has 0 spiro atoms. The molecule has 1 atom stereocenters. The summed E-state index contributed by atoms with van der Waals surface area (Å²) < 4.78 is 0. The van der Waals surface area contributed by atoms with Crippen molar-refractivity contribution in [3.05, 3.63) is 41.5 Å². The van der Waals surface area contributed by atoms with E-state index in [2.05, 4.69) is 11.9 Å². The third-order valence-electron chi connectivity index (χ3n) is 2.77. The van der Waals surface area contributed by atoms with Crippen LogP contribution < -0.4 is 5.32 Å². The van der Waals surface area contributed by atoms with E-state index in [1.54, 1.807) is 0 Å². The highest BCUT2D eigenvalue weighted by Crippen LogP contribution is 2.29. The molecule has 0 aliphatic rings. The van der Waals surface area contributed by atoms with Crippen LogP contribution in [0, 0.1) is 13.8 Å². The minimum atomic E-state index is 0.141. The molecule has 2 nitrogen and oxygen atoms in total. The van der Waals surface area contributed by atoms with Crippen molar-refractivity contribution in [1.82, 2.24) is 5.32 Å². The molecule has 0 aromatic heterocycles. The lowest BCUT2D eigenvalue weighted by Gasteiger charge is -2.16. The molecular weight excluding hydrogens is 186 g/mol. The van der Waals surface area contributed by atoms with Gasteiger partial charge in [0, 0.05) is 18.2 Å². The maximum atomic E-state index is 9.98. The number of aryl methyl sites for hydroxylation is 1.